The smallest absolute Gasteiger partial charge is 0.261 e. The third kappa shape index (κ3) is 5.91. The molecule has 0 atom stereocenters. The van der Waals surface area contributed by atoms with Crippen molar-refractivity contribution in [1.29, 1.82) is 0 Å². The van der Waals surface area contributed by atoms with E-state index in [4.69, 9.17) is 0 Å². The Kier molecular flexibility index (Phi) is 7.42. The summed E-state index contributed by atoms with van der Waals surface area (Å²) in [6, 6.07) is 17.0. The zero-order valence-electron chi connectivity index (χ0n) is 19.2. The molecule has 0 saturated carbocycles. The van der Waals surface area contributed by atoms with Crippen LogP contribution in [-0.2, 0) is 14.8 Å². The molecule has 2 aromatic carbocycles. The third-order valence-corrected chi connectivity index (χ3v) is 7.18. The lowest BCUT2D eigenvalue weighted by Crippen LogP contribution is -2.25. The molecule has 1 amide bonds. The molecule has 1 aliphatic rings. The van der Waals surface area contributed by atoms with Gasteiger partial charge in [0.15, 0.2) is 5.82 Å². The lowest BCUT2D eigenvalue weighted by molar-refractivity contribution is -0.115. The minimum Gasteiger partial charge on any atom is -0.355 e. The second-order valence-electron chi connectivity index (χ2n) is 8.29. The van der Waals surface area contributed by atoms with Gasteiger partial charge in [-0.25, -0.2) is 8.42 Å². The lowest BCUT2D eigenvalue weighted by atomic mass is 10.1. The van der Waals surface area contributed by atoms with E-state index in [9.17, 15) is 13.2 Å². The number of nitrogens with one attached hydrogen (secondary N) is 2. The number of hydrogen-bond acceptors (Lipinski definition) is 6. The average Bonchev–Trinajstić information content (AvgIpc) is 3.14. The zero-order valence-corrected chi connectivity index (χ0v) is 20.0. The van der Waals surface area contributed by atoms with Gasteiger partial charge in [-0.05, 0) is 61.4 Å². The van der Waals surface area contributed by atoms with Crippen molar-refractivity contribution in [2.75, 3.05) is 28.0 Å². The Balaban J connectivity index is 1.41. The fourth-order valence-electron chi connectivity index (χ4n) is 3.84. The molecule has 1 fully saturated rings. The molecular weight excluding hydrogens is 450 g/mol. The number of carbonyl (C=O) groups is 1. The molecular formula is C25H29N5O3S. The highest BCUT2D eigenvalue weighted by atomic mass is 32.2. The van der Waals surface area contributed by atoms with Gasteiger partial charge in [0.1, 0.15) is 0 Å². The van der Waals surface area contributed by atoms with Crippen LogP contribution in [-0.4, -0.2) is 37.6 Å². The Labute approximate surface area is 200 Å². The second-order valence-corrected chi connectivity index (χ2v) is 9.97. The molecule has 0 aliphatic carbocycles. The highest BCUT2D eigenvalue weighted by Gasteiger charge is 2.15. The predicted octanol–water partition coefficient (Wildman–Crippen LogP) is 4.67. The molecule has 1 saturated heterocycles. The van der Waals surface area contributed by atoms with Crippen molar-refractivity contribution in [3.8, 4) is 11.3 Å². The van der Waals surface area contributed by atoms with E-state index in [1.807, 2.05) is 24.3 Å². The third-order valence-electron chi connectivity index (χ3n) is 5.78. The van der Waals surface area contributed by atoms with Crippen LogP contribution in [0, 0.1) is 0 Å². The largest absolute Gasteiger partial charge is 0.355 e. The van der Waals surface area contributed by atoms with Crippen molar-refractivity contribution in [3.05, 3.63) is 60.7 Å². The Bertz CT molecular complexity index is 1200. The summed E-state index contributed by atoms with van der Waals surface area (Å²) in [6.07, 6.45) is 5.24. The van der Waals surface area contributed by atoms with Gasteiger partial charge in [0, 0.05) is 36.4 Å². The molecule has 4 rings (SSSR count). The molecule has 9 heteroatoms. The van der Waals surface area contributed by atoms with Crippen LogP contribution < -0.4 is 14.9 Å². The summed E-state index contributed by atoms with van der Waals surface area (Å²) in [4.78, 5) is 13.9. The Hall–Kier alpha value is -3.46. The fourth-order valence-corrected chi connectivity index (χ4v) is 4.90. The first-order valence-electron chi connectivity index (χ1n) is 11.6. The van der Waals surface area contributed by atoms with E-state index in [1.165, 1.54) is 37.8 Å². The molecule has 8 nitrogen and oxygen atoms in total. The van der Waals surface area contributed by atoms with E-state index in [0.29, 0.717) is 17.8 Å². The van der Waals surface area contributed by atoms with Crippen molar-refractivity contribution >= 4 is 33.1 Å². The van der Waals surface area contributed by atoms with Gasteiger partial charge in [-0.1, -0.05) is 31.9 Å². The monoisotopic (exact) mass is 479 g/mol. The van der Waals surface area contributed by atoms with Gasteiger partial charge in [0.05, 0.1) is 10.6 Å². The van der Waals surface area contributed by atoms with Crippen LogP contribution in [0.15, 0.2) is 65.6 Å². The Morgan fingerprint density at radius 1 is 0.853 bits per heavy atom. The highest BCUT2D eigenvalue weighted by Crippen LogP contribution is 2.24. The normalized spacial score (nSPS) is 14.3. The maximum atomic E-state index is 12.7. The molecule has 0 bridgehead atoms. The van der Waals surface area contributed by atoms with Crippen LogP contribution in [0.4, 0.5) is 17.2 Å². The van der Waals surface area contributed by atoms with Gasteiger partial charge in [0.2, 0.25) is 5.91 Å². The molecule has 3 aromatic rings. The topological polar surface area (TPSA) is 104 Å². The predicted molar refractivity (Wildman–Crippen MR) is 134 cm³/mol. The van der Waals surface area contributed by atoms with Crippen LogP contribution in [0.25, 0.3) is 11.3 Å². The molecule has 34 heavy (non-hydrogen) atoms. The molecule has 1 aliphatic heterocycles. The van der Waals surface area contributed by atoms with Gasteiger partial charge in [0.25, 0.3) is 10.0 Å². The van der Waals surface area contributed by atoms with Crippen molar-refractivity contribution in [3.63, 3.8) is 0 Å². The standard InChI is InChI=1S/C25H29N5O3S/c1-2-25(31)26-20-11-13-22(14-12-20)34(32,33)29-21-9-7-19(8-10-21)23-15-16-24(28-27-23)30-17-5-3-4-6-18-30/h7-16,29H,2-6,17-18H2,1H3,(H,26,31). The van der Waals surface area contributed by atoms with Gasteiger partial charge in [-0.3, -0.25) is 9.52 Å². The average molecular weight is 480 g/mol. The number of nitrogens with zero attached hydrogens (tertiary/aromatic N) is 3. The molecule has 1 aromatic heterocycles. The minimum atomic E-state index is -3.76. The number of benzene rings is 2. The van der Waals surface area contributed by atoms with E-state index < -0.39 is 10.0 Å². The molecule has 0 radical (unpaired) electrons. The summed E-state index contributed by atoms with van der Waals surface area (Å²) in [5.74, 6) is 0.769. The van der Waals surface area contributed by atoms with Gasteiger partial charge < -0.3 is 10.2 Å². The molecule has 2 N–H and O–H groups in total. The fraction of sp³-hybridized carbons (Fsp3) is 0.320. The van der Waals surface area contributed by atoms with Gasteiger partial charge in [-0.2, -0.15) is 0 Å². The molecule has 0 unspecified atom stereocenters. The van der Waals surface area contributed by atoms with Crippen LogP contribution in [0.5, 0.6) is 0 Å². The number of anilines is 3. The number of hydrogen-bond donors (Lipinski definition) is 2. The molecule has 178 valence electrons. The van der Waals surface area contributed by atoms with E-state index in [2.05, 4.69) is 25.1 Å². The summed E-state index contributed by atoms with van der Waals surface area (Å²) in [5.41, 5.74) is 2.59. The maximum absolute atomic E-state index is 12.7. The highest BCUT2D eigenvalue weighted by molar-refractivity contribution is 7.92. The zero-order chi connectivity index (χ0) is 24.0. The number of aromatic nitrogens is 2. The summed E-state index contributed by atoms with van der Waals surface area (Å²) in [7, 11) is -3.76. The molecule has 0 spiro atoms. The van der Waals surface area contributed by atoms with E-state index >= 15 is 0 Å². The van der Waals surface area contributed by atoms with Gasteiger partial charge in [-0.15, -0.1) is 10.2 Å². The van der Waals surface area contributed by atoms with E-state index in [1.54, 1.807) is 31.2 Å². The number of carbonyl (C=O) groups excluding carboxylic acids is 1. The van der Waals surface area contributed by atoms with E-state index in [-0.39, 0.29) is 10.8 Å². The van der Waals surface area contributed by atoms with Crippen molar-refractivity contribution < 1.29 is 13.2 Å². The Morgan fingerprint density at radius 2 is 1.50 bits per heavy atom. The quantitative estimate of drug-likeness (QED) is 0.510. The number of amides is 1. The number of sulfonamides is 1. The SMILES string of the molecule is CCC(=O)Nc1ccc(S(=O)(=O)Nc2ccc(-c3ccc(N4CCCCCC4)nn3)cc2)cc1. The van der Waals surface area contributed by atoms with Crippen molar-refractivity contribution in [2.45, 2.75) is 43.9 Å². The summed E-state index contributed by atoms with van der Waals surface area (Å²) in [6.45, 7) is 3.78. The first-order valence-corrected chi connectivity index (χ1v) is 13.0. The van der Waals surface area contributed by atoms with Crippen LogP contribution in [0.1, 0.15) is 39.0 Å². The van der Waals surface area contributed by atoms with Gasteiger partial charge >= 0.3 is 0 Å². The Morgan fingerprint density at radius 3 is 2.09 bits per heavy atom. The summed E-state index contributed by atoms with van der Waals surface area (Å²) in [5, 5.41) is 11.5. The maximum Gasteiger partial charge on any atom is 0.261 e. The first-order chi connectivity index (χ1) is 16.4. The van der Waals surface area contributed by atoms with Crippen LogP contribution >= 0.6 is 0 Å². The first kappa shape index (κ1) is 23.7. The van der Waals surface area contributed by atoms with Crippen LogP contribution in [0.2, 0.25) is 0 Å². The number of rotatable bonds is 7. The van der Waals surface area contributed by atoms with Crippen molar-refractivity contribution in [2.24, 2.45) is 0 Å². The van der Waals surface area contributed by atoms with Crippen LogP contribution in [0.3, 0.4) is 0 Å². The van der Waals surface area contributed by atoms with E-state index in [0.717, 1.165) is 30.2 Å². The summed E-state index contributed by atoms with van der Waals surface area (Å²) >= 11 is 0. The van der Waals surface area contributed by atoms with Crippen molar-refractivity contribution in [1.82, 2.24) is 10.2 Å². The lowest BCUT2D eigenvalue weighted by Gasteiger charge is -2.20. The molecule has 2 heterocycles. The second kappa shape index (κ2) is 10.6. The minimum absolute atomic E-state index is 0.112. The summed E-state index contributed by atoms with van der Waals surface area (Å²) < 4.78 is 28.1.